The zero-order valence-corrected chi connectivity index (χ0v) is 11.2. The molecule has 0 atom stereocenters. The summed E-state index contributed by atoms with van der Waals surface area (Å²) in [5.74, 6) is -0.598. The highest BCUT2D eigenvalue weighted by molar-refractivity contribution is 6.34. The van der Waals surface area contributed by atoms with E-state index in [4.69, 9.17) is 34.2 Å². The monoisotopic (exact) mass is 322 g/mol. The number of halogens is 5. The second kappa shape index (κ2) is 6.50. The van der Waals surface area contributed by atoms with Crippen LogP contribution in [-0.4, -0.2) is 9.78 Å². The van der Waals surface area contributed by atoms with E-state index in [9.17, 15) is 13.2 Å². The molecule has 0 aliphatic carbocycles. The summed E-state index contributed by atoms with van der Waals surface area (Å²) < 4.78 is 35.4. The normalized spacial score (nSPS) is 10.4. The average Bonchev–Trinajstić information content (AvgIpc) is 2.71. The number of nitrogens with two attached hydrogens (primary N) is 1. The molecule has 1 heterocycles. The van der Waals surface area contributed by atoms with Crippen LogP contribution >= 0.6 is 23.2 Å². The van der Waals surface area contributed by atoms with Gasteiger partial charge >= 0.3 is 6.30 Å². The molecule has 9 heteroatoms. The molecule has 106 valence electrons. The Labute approximate surface area is 122 Å². The zero-order chi connectivity index (χ0) is 15.3. The van der Waals surface area contributed by atoms with Gasteiger partial charge < -0.3 is 5.73 Å². The lowest BCUT2D eigenvalue weighted by atomic mass is 10.4. The van der Waals surface area contributed by atoms with Crippen LogP contribution in [0.1, 0.15) is 5.69 Å². The molecule has 0 saturated heterocycles. The Balaban J connectivity index is 0.000000217. The van der Waals surface area contributed by atoms with E-state index in [-0.39, 0.29) is 10.4 Å². The van der Waals surface area contributed by atoms with E-state index < -0.39 is 12.1 Å². The number of rotatable bonds is 0. The van der Waals surface area contributed by atoms with Gasteiger partial charge in [-0.25, -0.2) is 0 Å². The Morgan fingerprint density at radius 3 is 2.00 bits per heavy atom. The summed E-state index contributed by atoms with van der Waals surface area (Å²) in [4.78, 5) is 0. The van der Waals surface area contributed by atoms with Crippen molar-refractivity contribution < 1.29 is 13.2 Å². The number of hydrogen-bond acceptors (Lipinski definition) is 3. The second-order valence-corrected chi connectivity index (χ2v) is 4.26. The molecule has 20 heavy (non-hydrogen) atoms. The lowest BCUT2D eigenvalue weighted by Gasteiger charge is -2.06. The quantitative estimate of drug-likeness (QED) is 0.802. The van der Waals surface area contributed by atoms with E-state index in [1.165, 1.54) is 6.07 Å². The van der Waals surface area contributed by atoms with E-state index in [2.05, 4.69) is 5.10 Å². The predicted molar refractivity (Wildman–Crippen MR) is 69.1 cm³/mol. The van der Waals surface area contributed by atoms with Gasteiger partial charge in [0.05, 0.1) is 0 Å². The van der Waals surface area contributed by atoms with Gasteiger partial charge in [0.15, 0.2) is 5.69 Å². The van der Waals surface area contributed by atoms with Crippen molar-refractivity contribution in [2.24, 2.45) is 0 Å². The van der Waals surface area contributed by atoms with Crippen molar-refractivity contribution in [1.29, 1.82) is 5.26 Å². The number of alkyl halides is 3. The molecule has 2 rings (SSSR count). The van der Waals surface area contributed by atoms with Gasteiger partial charge in [0, 0.05) is 16.1 Å². The summed E-state index contributed by atoms with van der Waals surface area (Å²) in [5.41, 5.74) is 4.58. The largest absolute Gasteiger partial charge is 0.506 e. The van der Waals surface area contributed by atoms with Crippen LogP contribution in [0.5, 0.6) is 0 Å². The molecule has 0 bridgehead atoms. The van der Waals surface area contributed by atoms with Crippen LogP contribution < -0.4 is 5.73 Å². The fraction of sp³-hybridized carbons (Fsp3) is 0.0909. The van der Waals surface area contributed by atoms with E-state index in [0.29, 0.717) is 10.0 Å². The maximum Gasteiger partial charge on any atom is 0.506 e. The Kier molecular flexibility index (Phi) is 5.25. The minimum absolute atomic E-state index is 0.356. The fourth-order valence-corrected chi connectivity index (χ4v) is 1.55. The van der Waals surface area contributed by atoms with Crippen LogP contribution in [0.25, 0.3) is 0 Å². The van der Waals surface area contributed by atoms with Gasteiger partial charge in [-0.1, -0.05) is 29.3 Å². The molecule has 0 radical (unpaired) electrons. The first-order valence-corrected chi connectivity index (χ1v) is 5.73. The molecular weight excluding hydrogens is 316 g/mol. The van der Waals surface area contributed by atoms with Crippen molar-refractivity contribution >= 4 is 29.0 Å². The highest BCUT2D eigenvalue weighted by Crippen LogP contribution is 2.24. The Morgan fingerprint density at radius 2 is 1.75 bits per heavy atom. The highest BCUT2D eigenvalue weighted by atomic mass is 35.5. The summed E-state index contributed by atoms with van der Waals surface area (Å²) in [6, 6.07) is 9.38. The molecule has 0 amide bonds. The second-order valence-electron chi connectivity index (χ2n) is 3.39. The summed E-state index contributed by atoms with van der Waals surface area (Å²) in [6.45, 7) is 0. The Hall–Kier alpha value is -1.91. The fourth-order valence-electron chi connectivity index (χ4n) is 1.11. The number of nitriles is 1. The van der Waals surface area contributed by atoms with Gasteiger partial charge in [0.25, 0.3) is 0 Å². The number of hydrogen-bond donors (Lipinski definition) is 1. The van der Waals surface area contributed by atoms with Gasteiger partial charge in [-0.2, -0.15) is 15.0 Å². The highest BCUT2D eigenvalue weighted by Gasteiger charge is 2.34. The predicted octanol–water partition coefficient (Wildman–Crippen LogP) is 3.81. The number of nitrogen functional groups attached to an aromatic ring is 1. The Bertz CT molecular complexity index is 614. The minimum atomic E-state index is -4.67. The third-order valence-corrected chi connectivity index (χ3v) is 2.35. The molecule has 0 spiro atoms. The van der Waals surface area contributed by atoms with Crippen LogP contribution in [0.2, 0.25) is 10.0 Å². The molecule has 0 aliphatic rings. The summed E-state index contributed by atoms with van der Waals surface area (Å²) in [6.07, 6.45) is -4.67. The third kappa shape index (κ3) is 4.64. The summed E-state index contributed by atoms with van der Waals surface area (Å²) in [5, 5.41) is 12.5. The lowest BCUT2D eigenvalue weighted by Crippen LogP contribution is -2.20. The lowest BCUT2D eigenvalue weighted by molar-refractivity contribution is -0.210. The van der Waals surface area contributed by atoms with Crippen molar-refractivity contribution in [2.45, 2.75) is 6.30 Å². The van der Waals surface area contributed by atoms with Gasteiger partial charge in [-0.05, 0) is 18.2 Å². The topological polar surface area (TPSA) is 67.6 Å². The molecule has 2 aromatic rings. The Morgan fingerprint density at radius 1 is 1.20 bits per heavy atom. The SMILES string of the molecule is Clc1cccc(Cl)c1.N#Cc1cc(N)n(C(F)(F)F)n1. The first-order chi connectivity index (χ1) is 9.24. The molecular formula is C11H7Cl2F3N4. The van der Waals surface area contributed by atoms with Gasteiger partial charge in [0.1, 0.15) is 11.9 Å². The van der Waals surface area contributed by atoms with Crippen molar-refractivity contribution in [3.05, 3.63) is 46.1 Å². The minimum Gasteiger partial charge on any atom is -0.384 e. The molecule has 0 aliphatic heterocycles. The van der Waals surface area contributed by atoms with Crippen molar-refractivity contribution in [3.8, 4) is 6.07 Å². The van der Waals surface area contributed by atoms with E-state index >= 15 is 0 Å². The van der Waals surface area contributed by atoms with Crippen LogP contribution in [0.4, 0.5) is 19.0 Å². The van der Waals surface area contributed by atoms with Crippen LogP contribution in [0.15, 0.2) is 30.3 Å². The van der Waals surface area contributed by atoms with E-state index in [1.54, 1.807) is 18.2 Å². The van der Waals surface area contributed by atoms with E-state index in [0.717, 1.165) is 6.07 Å². The molecule has 1 aromatic heterocycles. The average molecular weight is 323 g/mol. The third-order valence-electron chi connectivity index (χ3n) is 1.88. The standard InChI is InChI=1S/C6H4Cl2.C5H3F3N4/c7-5-2-1-3-6(8)4-5;6-5(7,8)12-4(10)1-3(2-9)11-12/h1-4H;1H,10H2. The first kappa shape index (κ1) is 16.1. The molecule has 2 N–H and O–H groups in total. The van der Waals surface area contributed by atoms with Gasteiger partial charge in [-0.3, -0.25) is 0 Å². The molecule has 4 nitrogen and oxygen atoms in total. The van der Waals surface area contributed by atoms with Crippen molar-refractivity contribution in [3.63, 3.8) is 0 Å². The molecule has 0 unspecified atom stereocenters. The van der Waals surface area contributed by atoms with Crippen LogP contribution in [-0.2, 0) is 6.30 Å². The number of nitrogens with zero attached hydrogens (tertiary/aromatic N) is 3. The van der Waals surface area contributed by atoms with Gasteiger partial charge in [-0.15, -0.1) is 13.2 Å². The zero-order valence-electron chi connectivity index (χ0n) is 9.70. The summed E-state index contributed by atoms with van der Waals surface area (Å²) in [7, 11) is 0. The van der Waals surface area contributed by atoms with Crippen molar-refractivity contribution in [1.82, 2.24) is 9.78 Å². The summed E-state index contributed by atoms with van der Waals surface area (Å²) >= 11 is 11.1. The van der Waals surface area contributed by atoms with Crippen LogP contribution in [0, 0.1) is 11.3 Å². The molecule has 1 aromatic carbocycles. The molecule has 0 fully saturated rings. The van der Waals surface area contributed by atoms with Gasteiger partial charge in [0.2, 0.25) is 0 Å². The molecule has 0 saturated carbocycles. The smallest absolute Gasteiger partial charge is 0.384 e. The number of anilines is 1. The van der Waals surface area contributed by atoms with Crippen molar-refractivity contribution in [2.75, 3.05) is 5.73 Å². The number of aromatic nitrogens is 2. The maximum atomic E-state index is 11.9. The first-order valence-electron chi connectivity index (χ1n) is 4.98. The maximum absolute atomic E-state index is 11.9. The number of benzene rings is 1. The van der Waals surface area contributed by atoms with E-state index in [1.807, 2.05) is 6.07 Å². The van der Waals surface area contributed by atoms with Crippen LogP contribution in [0.3, 0.4) is 0 Å².